The highest BCUT2D eigenvalue weighted by Gasteiger charge is 2.21. The van der Waals surface area contributed by atoms with Crippen LogP contribution in [0.3, 0.4) is 0 Å². The number of carbonyl (C=O) groups is 1. The standard InChI is InChI=1S/C7H13N3O2/c1-10-3-5(9-4-10)2-6(8)7(11)12/h4-6H,2-3,8H2,1H3,(H,11,12)/t5?,6-/m0/s1. The van der Waals surface area contributed by atoms with E-state index in [1.165, 1.54) is 0 Å². The Morgan fingerprint density at radius 2 is 2.67 bits per heavy atom. The van der Waals surface area contributed by atoms with Gasteiger partial charge in [0.2, 0.25) is 0 Å². The van der Waals surface area contributed by atoms with Crippen molar-refractivity contribution in [1.82, 2.24) is 4.90 Å². The van der Waals surface area contributed by atoms with Crippen molar-refractivity contribution < 1.29 is 9.90 Å². The molecule has 0 aromatic heterocycles. The van der Waals surface area contributed by atoms with Gasteiger partial charge in [0.1, 0.15) is 6.04 Å². The Labute approximate surface area is 70.9 Å². The van der Waals surface area contributed by atoms with Crippen LogP contribution in [0.1, 0.15) is 6.42 Å². The molecule has 0 fully saturated rings. The third kappa shape index (κ3) is 2.20. The Kier molecular flexibility index (Phi) is 2.65. The highest BCUT2D eigenvalue weighted by Crippen LogP contribution is 2.07. The van der Waals surface area contributed by atoms with Crippen LogP contribution in [0.25, 0.3) is 0 Å². The van der Waals surface area contributed by atoms with Gasteiger partial charge in [0.25, 0.3) is 0 Å². The summed E-state index contributed by atoms with van der Waals surface area (Å²) in [4.78, 5) is 16.4. The highest BCUT2D eigenvalue weighted by molar-refractivity contribution is 5.73. The van der Waals surface area contributed by atoms with E-state index in [-0.39, 0.29) is 6.04 Å². The van der Waals surface area contributed by atoms with E-state index in [0.717, 1.165) is 6.54 Å². The van der Waals surface area contributed by atoms with Gasteiger partial charge in [-0.05, 0) is 6.42 Å². The predicted molar refractivity (Wildman–Crippen MR) is 45.1 cm³/mol. The van der Waals surface area contributed by atoms with E-state index in [0.29, 0.717) is 6.42 Å². The molecule has 0 saturated carbocycles. The molecule has 0 aliphatic carbocycles. The van der Waals surface area contributed by atoms with Gasteiger partial charge in [-0.3, -0.25) is 9.79 Å². The summed E-state index contributed by atoms with van der Waals surface area (Å²) in [6, 6.07) is -0.750. The lowest BCUT2D eigenvalue weighted by molar-refractivity contribution is -0.138. The fraction of sp³-hybridized carbons (Fsp3) is 0.714. The molecule has 0 aromatic rings. The molecular weight excluding hydrogens is 158 g/mol. The molecule has 0 spiro atoms. The molecule has 1 heterocycles. The van der Waals surface area contributed by atoms with Gasteiger partial charge in [-0.15, -0.1) is 0 Å². The normalized spacial score (nSPS) is 24.5. The lowest BCUT2D eigenvalue weighted by Gasteiger charge is -2.12. The molecule has 0 bridgehead atoms. The molecular formula is C7H13N3O2. The lowest BCUT2D eigenvalue weighted by atomic mass is 10.1. The summed E-state index contributed by atoms with van der Waals surface area (Å²) in [6.07, 6.45) is 2.12. The van der Waals surface area contributed by atoms with Crippen LogP contribution in [0.2, 0.25) is 0 Å². The summed E-state index contributed by atoms with van der Waals surface area (Å²) >= 11 is 0. The molecule has 0 radical (unpaired) electrons. The third-order valence-electron chi connectivity index (χ3n) is 1.82. The summed E-state index contributed by atoms with van der Waals surface area (Å²) in [5.74, 6) is -0.959. The van der Waals surface area contributed by atoms with Crippen LogP contribution in [0.15, 0.2) is 4.99 Å². The van der Waals surface area contributed by atoms with Crippen molar-refractivity contribution in [2.24, 2.45) is 10.7 Å². The summed E-state index contributed by atoms with van der Waals surface area (Å²) in [6.45, 7) is 0.765. The number of carboxylic acids is 1. The average Bonchev–Trinajstić information content (AvgIpc) is 2.35. The zero-order valence-corrected chi connectivity index (χ0v) is 6.97. The van der Waals surface area contributed by atoms with Gasteiger partial charge in [-0.2, -0.15) is 0 Å². The van der Waals surface area contributed by atoms with Crippen molar-refractivity contribution in [3.8, 4) is 0 Å². The van der Waals surface area contributed by atoms with Gasteiger partial charge < -0.3 is 15.7 Å². The van der Waals surface area contributed by atoms with Crippen LogP contribution in [-0.2, 0) is 4.79 Å². The number of nitrogens with zero attached hydrogens (tertiary/aromatic N) is 2. The van der Waals surface area contributed by atoms with Gasteiger partial charge in [0, 0.05) is 13.6 Å². The predicted octanol–water partition coefficient (Wildman–Crippen LogP) is -0.869. The molecule has 2 atom stereocenters. The molecule has 0 amide bonds. The molecule has 12 heavy (non-hydrogen) atoms. The first-order valence-corrected chi connectivity index (χ1v) is 3.81. The van der Waals surface area contributed by atoms with Crippen molar-refractivity contribution in [1.29, 1.82) is 0 Å². The van der Waals surface area contributed by atoms with Crippen molar-refractivity contribution in [3.05, 3.63) is 0 Å². The molecule has 1 unspecified atom stereocenters. The highest BCUT2D eigenvalue weighted by atomic mass is 16.4. The molecule has 0 aromatic carbocycles. The second-order valence-electron chi connectivity index (χ2n) is 3.04. The number of carboxylic acid groups (broad SMARTS) is 1. The molecule has 1 aliphatic rings. The maximum atomic E-state index is 10.4. The molecule has 3 N–H and O–H groups in total. The van der Waals surface area contributed by atoms with Crippen LogP contribution in [0.4, 0.5) is 0 Å². The summed E-state index contributed by atoms with van der Waals surface area (Å²) in [5, 5.41) is 8.52. The fourth-order valence-corrected chi connectivity index (χ4v) is 1.16. The van der Waals surface area contributed by atoms with E-state index in [1.54, 1.807) is 6.34 Å². The molecule has 5 heteroatoms. The molecule has 1 rings (SSSR count). The maximum Gasteiger partial charge on any atom is 0.320 e. The van der Waals surface area contributed by atoms with Gasteiger partial charge in [-0.1, -0.05) is 0 Å². The Morgan fingerprint density at radius 1 is 2.00 bits per heavy atom. The Morgan fingerprint density at radius 3 is 3.08 bits per heavy atom. The van der Waals surface area contributed by atoms with Crippen molar-refractivity contribution in [3.63, 3.8) is 0 Å². The van der Waals surface area contributed by atoms with Gasteiger partial charge >= 0.3 is 5.97 Å². The topological polar surface area (TPSA) is 78.9 Å². The first kappa shape index (κ1) is 8.99. The van der Waals surface area contributed by atoms with Crippen LogP contribution in [0, 0.1) is 0 Å². The number of aliphatic carboxylic acids is 1. The zero-order chi connectivity index (χ0) is 9.14. The minimum Gasteiger partial charge on any atom is -0.480 e. The fourth-order valence-electron chi connectivity index (χ4n) is 1.16. The SMILES string of the molecule is CN1C=NC(C[C@H](N)C(=O)O)C1. The van der Waals surface area contributed by atoms with E-state index < -0.39 is 12.0 Å². The van der Waals surface area contributed by atoms with E-state index in [1.807, 2.05) is 11.9 Å². The number of aliphatic imine (C=N–C) groups is 1. The van der Waals surface area contributed by atoms with Crippen LogP contribution < -0.4 is 5.73 Å². The molecule has 0 saturated heterocycles. The van der Waals surface area contributed by atoms with Crippen LogP contribution in [0.5, 0.6) is 0 Å². The van der Waals surface area contributed by atoms with E-state index in [4.69, 9.17) is 10.8 Å². The lowest BCUT2D eigenvalue weighted by Crippen LogP contribution is -2.34. The van der Waals surface area contributed by atoms with Crippen molar-refractivity contribution in [2.45, 2.75) is 18.5 Å². The first-order valence-electron chi connectivity index (χ1n) is 3.81. The maximum absolute atomic E-state index is 10.4. The van der Waals surface area contributed by atoms with Crippen molar-refractivity contribution in [2.75, 3.05) is 13.6 Å². The monoisotopic (exact) mass is 171 g/mol. The molecule has 68 valence electrons. The largest absolute Gasteiger partial charge is 0.480 e. The van der Waals surface area contributed by atoms with Gasteiger partial charge in [0.05, 0.1) is 12.4 Å². The number of nitrogens with two attached hydrogens (primary N) is 1. The molecule has 1 aliphatic heterocycles. The van der Waals surface area contributed by atoms with Gasteiger partial charge in [0.15, 0.2) is 0 Å². The second kappa shape index (κ2) is 3.53. The van der Waals surface area contributed by atoms with Crippen LogP contribution in [-0.4, -0.2) is 48.0 Å². The third-order valence-corrected chi connectivity index (χ3v) is 1.82. The number of hydrogen-bond donors (Lipinski definition) is 2. The summed E-state index contributed by atoms with van der Waals surface area (Å²) in [7, 11) is 1.90. The number of hydrogen-bond acceptors (Lipinski definition) is 4. The minimum atomic E-state index is -0.959. The zero-order valence-electron chi connectivity index (χ0n) is 6.97. The van der Waals surface area contributed by atoms with Crippen LogP contribution >= 0.6 is 0 Å². The Hall–Kier alpha value is -1.10. The Balaban J connectivity index is 2.33. The van der Waals surface area contributed by atoms with E-state index in [9.17, 15) is 4.79 Å². The number of rotatable bonds is 3. The quantitative estimate of drug-likeness (QED) is 0.578. The molecule has 5 nitrogen and oxygen atoms in total. The Bertz CT molecular complexity index is 205. The first-order chi connectivity index (χ1) is 5.59. The van der Waals surface area contributed by atoms with E-state index in [2.05, 4.69) is 4.99 Å². The average molecular weight is 171 g/mol. The van der Waals surface area contributed by atoms with Gasteiger partial charge in [-0.25, -0.2) is 0 Å². The minimum absolute atomic E-state index is 0.0427. The second-order valence-corrected chi connectivity index (χ2v) is 3.04. The summed E-state index contributed by atoms with van der Waals surface area (Å²) < 4.78 is 0. The smallest absolute Gasteiger partial charge is 0.320 e. The number of likely N-dealkylation sites (N-methyl/N-ethyl adjacent to an activating group) is 1. The van der Waals surface area contributed by atoms with Crippen molar-refractivity contribution >= 4 is 12.3 Å². The summed E-state index contributed by atoms with van der Waals surface area (Å²) in [5.41, 5.74) is 5.35. The van der Waals surface area contributed by atoms with E-state index >= 15 is 0 Å².